The van der Waals surface area contributed by atoms with Gasteiger partial charge >= 0.3 is 0 Å². The van der Waals surface area contributed by atoms with Crippen LogP contribution in [0.4, 0.5) is 0 Å². The molecule has 3 fully saturated rings. The fourth-order valence-corrected chi connectivity index (χ4v) is 4.11. The van der Waals surface area contributed by atoms with Gasteiger partial charge in [-0.05, 0) is 62.8 Å². The molecule has 0 aliphatic heterocycles. The summed E-state index contributed by atoms with van der Waals surface area (Å²) in [5.41, 5.74) is 0. The number of hydrogen-bond acceptors (Lipinski definition) is 2. The molecule has 0 saturated heterocycles. The zero-order valence-corrected chi connectivity index (χ0v) is 9.49. The van der Waals surface area contributed by atoms with Crippen LogP contribution in [0.1, 0.15) is 44.9 Å². The monoisotopic (exact) mass is 209 g/mol. The summed E-state index contributed by atoms with van der Waals surface area (Å²) in [7, 11) is 0. The summed E-state index contributed by atoms with van der Waals surface area (Å²) in [5, 5.41) is 13.3. The molecule has 0 amide bonds. The average molecular weight is 209 g/mol. The standard InChI is InChI=1S/C13H23NO/c15-13-3-1-2-12(13)14-8-11-7-9-4-5-10(11)6-9/h9-15H,1-8H2/t9?,10?,11?,12-,13-/m0/s1. The number of fused-ring (bicyclic) bond motifs is 2. The summed E-state index contributed by atoms with van der Waals surface area (Å²) in [4.78, 5) is 0. The SMILES string of the molecule is O[C@H]1CCC[C@@H]1NCC1CC2CCC1C2. The highest BCUT2D eigenvalue weighted by molar-refractivity contribution is 4.92. The van der Waals surface area contributed by atoms with Crippen molar-refractivity contribution in [1.29, 1.82) is 0 Å². The van der Waals surface area contributed by atoms with E-state index in [0.717, 1.165) is 24.2 Å². The molecule has 0 heterocycles. The van der Waals surface area contributed by atoms with E-state index in [1.54, 1.807) is 0 Å². The van der Waals surface area contributed by atoms with Crippen LogP contribution in [0.15, 0.2) is 0 Å². The van der Waals surface area contributed by atoms with Crippen molar-refractivity contribution in [3.63, 3.8) is 0 Å². The molecule has 3 aliphatic rings. The molecule has 0 radical (unpaired) electrons. The van der Waals surface area contributed by atoms with Crippen LogP contribution in [0.5, 0.6) is 0 Å². The van der Waals surface area contributed by atoms with Crippen LogP contribution in [0.3, 0.4) is 0 Å². The Labute approximate surface area is 92.4 Å². The summed E-state index contributed by atoms with van der Waals surface area (Å²) < 4.78 is 0. The number of aliphatic hydroxyl groups is 1. The highest BCUT2D eigenvalue weighted by Crippen LogP contribution is 2.48. The molecule has 2 bridgehead atoms. The lowest BCUT2D eigenvalue weighted by atomic mass is 9.88. The Bertz CT molecular complexity index is 231. The average Bonchev–Trinajstić information content (AvgIpc) is 2.90. The van der Waals surface area contributed by atoms with Gasteiger partial charge in [-0.15, -0.1) is 0 Å². The first-order valence-electron chi connectivity index (χ1n) is 6.74. The van der Waals surface area contributed by atoms with Gasteiger partial charge in [-0.1, -0.05) is 6.42 Å². The van der Waals surface area contributed by atoms with Gasteiger partial charge in [0.05, 0.1) is 6.10 Å². The van der Waals surface area contributed by atoms with Crippen molar-refractivity contribution in [3.8, 4) is 0 Å². The van der Waals surface area contributed by atoms with E-state index in [4.69, 9.17) is 0 Å². The summed E-state index contributed by atoms with van der Waals surface area (Å²) >= 11 is 0. The maximum Gasteiger partial charge on any atom is 0.0693 e. The van der Waals surface area contributed by atoms with Gasteiger partial charge < -0.3 is 10.4 Å². The van der Waals surface area contributed by atoms with Crippen LogP contribution in [0, 0.1) is 17.8 Å². The lowest BCUT2D eigenvalue weighted by molar-refractivity contribution is 0.143. The first-order chi connectivity index (χ1) is 7.33. The first-order valence-corrected chi connectivity index (χ1v) is 6.74. The maximum atomic E-state index is 9.73. The molecule has 0 aromatic heterocycles. The summed E-state index contributed by atoms with van der Waals surface area (Å²) in [6, 6.07) is 0.407. The van der Waals surface area contributed by atoms with Gasteiger partial charge in [-0.25, -0.2) is 0 Å². The van der Waals surface area contributed by atoms with Crippen molar-refractivity contribution < 1.29 is 5.11 Å². The van der Waals surface area contributed by atoms with Crippen molar-refractivity contribution in [2.45, 2.75) is 57.1 Å². The summed E-state index contributed by atoms with van der Waals surface area (Å²) in [6.07, 6.45) is 9.26. The minimum Gasteiger partial charge on any atom is -0.392 e. The van der Waals surface area contributed by atoms with Crippen LogP contribution in [0.25, 0.3) is 0 Å². The first kappa shape index (κ1) is 10.1. The van der Waals surface area contributed by atoms with Gasteiger partial charge in [0, 0.05) is 6.04 Å². The Morgan fingerprint density at radius 1 is 1.07 bits per heavy atom. The van der Waals surface area contributed by atoms with E-state index in [0.29, 0.717) is 6.04 Å². The van der Waals surface area contributed by atoms with E-state index in [-0.39, 0.29) is 6.10 Å². The molecular formula is C13H23NO. The fraction of sp³-hybridized carbons (Fsp3) is 1.00. The van der Waals surface area contributed by atoms with E-state index in [1.165, 1.54) is 45.1 Å². The molecule has 0 aromatic rings. The fourth-order valence-electron chi connectivity index (χ4n) is 4.11. The van der Waals surface area contributed by atoms with Crippen molar-refractivity contribution in [3.05, 3.63) is 0 Å². The van der Waals surface area contributed by atoms with E-state index in [9.17, 15) is 5.11 Å². The number of nitrogens with one attached hydrogen (secondary N) is 1. The maximum absolute atomic E-state index is 9.73. The van der Waals surface area contributed by atoms with E-state index < -0.39 is 0 Å². The van der Waals surface area contributed by atoms with Gasteiger partial charge in [0.2, 0.25) is 0 Å². The summed E-state index contributed by atoms with van der Waals surface area (Å²) in [5.74, 6) is 2.99. The molecule has 3 rings (SSSR count). The minimum atomic E-state index is -0.0661. The lowest BCUT2D eigenvalue weighted by Crippen LogP contribution is -2.39. The van der Waals surface area contributed by atoms with Crippen molar-refractivity contribution in [2.75, 3.05) is 6.54 Å². The van der Waals surface area contributed by atoms with E-state index in [2.05, 4.69) is 5.32 Å². The molecule has 2 heteroatoms. The molecule has 2 nitrogen and oxygen atoms in total. The predicted octanol–water partition coefficient (Wildman–Crippen LogP) is 1.93. The normalized spacial score (nSPS) is 49.0. The molecule has 3 unspecified atom stereocenters. The van der Waals surface area contributed by atoms with Crippen LogP contribution in [0.2, 0.25) is 0 Å². The molecule has 3 saturated carbocycles. The topological polar surface area (TPSA) is 32.3 Å². The quantitative estimate of drug-likeness (QED) is 0.744. The van der Waals surface area contributed by atoms with Gasteiger partial charge in [-0.3, -0.25) is 0 Å². The van der Waals surface area contributed by atoms with Gasteiger partial charge in [0.15, 0.2) is 0 Å². The zero-order valence-electron chi connectivity index (χ0n) is 9.49. The molecule has 15 heavy (non-hydrogen) atoms. The second-order valence-electron chi connectivity index (χ2n) is 5.95. The smallest absolute Gasteiger partial charge is 0.0693 e. The van der Waals surface area contributed by atoms with Crippen molar-refractivity contribution in [2.24, 2.45) is 17.8 Å². The largest absolute Gasteiger partial charge is 0.392 e. The molecular weight excluding hydrogens is 186 g/mol. The van der Waals surface area contributed by atoms with Crippen LogP contribution >= 0.6 is 0 Å². The third-order valence-corrected chi connectivity index (χ3v) is 5.01. The van der Waals surface area contributed by atoms with E-state index in [1.807, 2.05) is 0 Å². The Balaban J connectivity index is 1.46. The highest BCUT2D eigenvalue weighted by atomic mass is 16.3. The Hall–Kier alpha value is -0.0800. The van der Waals surface area contributed by atoms with Crippen molar-refractivity contribution in [1.82, 2.24) is 5.32 Å². The lowest BCUT2D eigenvalue weighted by Gasteiger charge is -2.25. The second-order valence-corrected chi connectivity index (χ2v) is 5.95. The Kier molecular flexibility index (Phi) is 2.73. The van der Waals surface area contributed by atoms with Crippen molar-refractivity contribution >= 4 is 0 Å². The zero-order chi connectivity index (χ0) is 10.3. The van der Waals surface area contributed by atoms with Crippen LogP contribution in [-0.2, 0) is 0 Å². The van der Waals surface area contributed by atoms with Gasteiger partial charge in [0.1, 0.15) is 0 Å². The predicted molar refractivity (Wildman–Crippen MR) is 60.6 cm³/mol. The molecule has 86 valence electrons. The number of aliphatic hydroxyl groups excluding tert-OH is 1. The highest BCUT2D eigenvalue weighted by Gasteiger charge is 2.39. The Morgan fingerprint density at radius 2 is 2.00 bits per heavy atom. The molecule has 5 atom stereocenters. The minimum absolute atomic E-state index is 0.0661. The van der Waals surface area contributed by atoms with Crippen LogP contribution < -0.4 is 5.32 Å². The van der Waals surface area contributed by atoms with E-state index >= 15 is 0 Å². The third kappa shape index (κ3) is 1.94. The number of rotatable bonds is 3. The molecule has 3 aliphatic carbocycles. The Morgan fingerprint density at radius 3 is 2.60 bits per heavy atom. The second kappa shape index (κ2) is 4.06. The molecule has 0 spiro atoms. The third-order valence-electron chi connectivity index (χ3n) is 5.01. The molecule has 2 N–H and O–H groups in total. The van der Waals surface area contributed by atoms with Gasteiger partial charge in [0.25, 0.3) is 0 Å². The summed E-state index contributed by atoms with van der Waals surface area (Å²) in [6.45, 7) is 1.17. The van der Waals surface area contributed by atoms with Crippen LogP contribution in [-0.4, -0.2) is 23.8 Å². The molecule has 0 aromatic carbocycles. The number of hydrogen-bond donors (Lipinski definition) is 2. The van der Waals surface area contributed by atoms with Gasteiger partial charge in [-0.2, -0.15) is 0 Å².